The molecule has 6 heteroatoms. The lowest BCUT2D eigenvalue weighted by Gasteiger charge is -2.07. The predicted octanol–water partition coefficient (Wildman–Crippen LogP) is 2.57. The molecular formula is C7H4F5N. The first kappa shape index (κ1) is 9.76. The minimum absolute atomic E-state index is 0.0612. The normalized spacial score (nSPS) is 11.8. The van der Waals surface area contributed by atoms with Crippen molar-refractivity contribution in [2.24, 2.45) is 0 Å². The van der Waals surface area contributed by atoms with Crippen molar-refractivity contribution >= 4 is 5.69 Å². The second-order valence-electron chi connectivity index (χ2n) is 2.36. The Labute approximate surface area is 70.0 Å². The molecule has 2 N–H and O–H groups in total. The average molecular weight is 197 g/mol. The van der Waals surface area contributed by atoms with Crippen LogP contribution in [0.15, 0.2) is 12.1 Å². The molecule has 0 spiro atoms. The topological polar surface area (TPSA) is 26.0 Å². The molecule has 0 heterocycles. The van der Waals surface area contributed by atoms with Crippen LogP contribution >= 0.6 is 0 Å². The highest BCUT2D eigenvalue weighted by molar-refractivity contribution is 5.44. The van der Waals surface area contributed by atoms with Gasteiger partial charge in [0.25, 0.3) is 0 Å². The number of alkyl halides is 3. The fourth-order valence-electron chi connectivity index (χ4n) is 0.774. The van der Waals surface area contributed by atoms with Crippen LogP contribution in [0.4, 0.5) is 27.6 Å². The molecule has 0 aliphatic carbocycles. The maximum absolute atomic E-state index is 12.4. The summed E-state index contributed by atoms with van der Waals surface area (Å²) in [6.45, 7) is 0. The van der Waals surface area contributed by atoms with E-state index in [0.717, 1.165) is 0 Å². The molecule has 0 aromatic heterocycles. The Morgan fingerprint density at radius 1 is 1.08 bits per heavy atom. The lowest BCUT2D eigenvalue weighted by Crippen LogP contribution is -2.08. The summed E-state index contributed by atoms with van der Waals surface area (Å²) in [6, 6.07) is 0.407. The lowest BCUT2D eigenvalue weighted by atomic mass is 10.2. The van der Waals surface area contributed by atoms with Gasteiger partial charge in [-0.3, -0.25) is 0 Å². The van der Waals surface area contributed by atoms with E-state index in [1.807, 2.05) is 0 Å². The van der Waals surface area contributed by atoms with E-state index in [4.69, 9.17) is 5.73 Å². The van der Waals surface area contributed by atoms with Gasteiger partial charge in [0.2, 0.25) is 0 Å². The van der Waals surface area contributed by atoms with E-state index in [1.54, 1.807) is 0 Å². The van der Waals surface area contributed by atoms with Gasteiger partial charge in [-0.05, 0) is 12.1 Å². The molecule has 0 aliphatic rings. The second-order valence-corrected chi connectivity index (χ2v) is 2.36. The van der Waals surface area contributed by atoms with Crippen molar-refractivity contribution in [2.75, 3.05) is 5.73 Å². The molecule has 13 heavy (non-hydrogen) atoms. The summed E-state index contributed by atoms with van der Waals surface area (Å²) in [4.78, 5) is 0. The third kappa shape index (κ3) is 1.88. The van der Waals surface area contributed by atoms with E-state index in [2.05, 4.69) is 0 Å². The molecule has 1 aromatic rings. The van der Waals surface area contributed by atoms with E-state index >= 15 is 0 Å². The zero-order valence-corrected chi connectivity index (χ0v) is 6.12. The van der Waals surface area contributed by atoms with E-state index in [1.165, 1.54) is 0 Å². The van der Waals surface area contributed by atoms with E-state index in [-0.39, 0.29) is 6.07 Å². The minimum Gasteiger partial charge on any atom is -0.396 e. The highest BCUT2D eigenvalue weighted by Gasteiger charge is 2.32. The summed E-state index contributed by atoms with van der Waals surface area (Å²) in [5.41, 5.74) is 2.65. The molecule has 0 aliphatic heterocycles. The first-order valence-electron chi connectivity index (χ1n) is 3.14. The van der Waals surface area contributed by atoms with E-state index in [0.29, 0.717) is 6.07 Å². The fourth-order valence-corrected chi connectivity index (χ4v) is 0.774. The molecule has 72 valence electrons. The molecule has 0 unspecified atom stereocenters. The summed E-state index contributed by atoms with van der Waals surface area (Å²) in [7, 11) is 0. The van der Waals surface area contributed by atoms with Gasteiger partial charge in [0, 0.05) is 0 Å². The van der Waals surface area contributed by atoms with Crippen LogP contribution in [0.3, 0.4) is 0 Å². The van der Waals surface area contributed by atoms with Gasteiger partial charge in [-0.1, -0.05) is 0 Å². The molecule has 1 aromatic carbocycles. The van der Waals surface area contributed by atoms with Crippen LogP contribution in [0, 0.1) is 11.6 Å². The third-order valence-electron chi connectivity index (χ3n) is 1.38. The van der Waals surface area contributed by atoms with Crippen LogP contribution in [-0.2, 0) is 6.18 Å². The summed E-state index contributed by atoms with van der Waals surface area (Å²) in [5, 5.41) is 0. The fraction of sp³-hybridized carbons (Fsp3) is 0.143. The summed E-state index contributed by atoms with van der Waals surface area (Å²) < 4.78 is 60.7. The maximum Gasteiger partial charge on any atom is 0.416 e. The zero-order chi connectivity index (χ0) is 10.2. The number of anilines is 1. The highest BCUT2D eigenvalue weighted by Crippen LogP contribution is 2.32. The van der Waals surface area contributed by atoms with Crippen molar-refractivity contribution in [1.82, 2.24) is 0 Å². The molecule has 1 nitrogen and oxygen atoms in total. The number of halogens is 5. The van der Waals surface area contributed by atoms with Crippen LogP contribution in [0.25, 0.3) is 0 Å². The van der Waals surface area contributed by atoms with Crippen molar-refractivity contribution in [1.29, 1.82) is 0 Å². The molecular weight excluding hydrogens is 193 g/mol. The smallest absolute Gasteiger partial charge is 0.396 e. The van der Waals surface area contributed by atoms with Gasteiger partial charge in [0.05, 0.1) is 11.3 Å². The van der Waals surface area contributed by atoms with E-state index in [9.17, 15) is 22.0 Å². The van der Waals surface area contributed by atoms with Gasteiger partial charge in [-0.15, -0.1) is 0 Å². The zero-order valence-electron chi connectivity index (χ0n) is 6.12. The molecule has 0 atom stereocenters. The van der Waals surface area contributed by atoms with Crippen LogP contribution < -0.4 is 5.73 Å². The predicted molar refractivity (Wildman–Crippen MR) is 35.8 cm³/mol. The molecule has 0 bridgehead atoms. The Morgan fingerprint density at radius 2 is 1.62 bits per heavy atom. The second kappa shape index (κ2) is 2.86. The highest BCUT2D eigenvalue weighted by atomic mass is 19.4. The number of benzene rings is 1. The Kier molecular flexibility index (Phi) is 2.15. The van der Waals surface area contributed by atoms with Crippen molar-refractivity contribution in [3.8, 4) is 0 Å². The maximum atomic E-state index is 12.4. The monoisotopic (exact) mass is 197 g/mol. The van der Waals surface area contributed by atoms with Gasteiger partial charge in [0.1, 0.15) is 0 Å². The Hall–Kier alpha value is -1.33. The first-order valence-corrected chi connectivity index (χ1v) is 3.14. The van der Waals surface area contributed by atoms with Crippen LogP contribution in [0.2, 0.25) is 0 Å². The van der Waals surface area contributed by atoms with Crippen LogP contribution in [0.5, 0.6) is 0 Å². The SMILES string of the molecule is Nc1cc(C(F)(F)F)cc(F)c1F. The summed E-state index contributed by atoms with van der Waals surface area (Å²) in [5.74, 6) is -3.07. The number of hydrogen-bond donors (Lipinski definition) is 1. The van der Waals surface area contributed by atoms with Crippen molar-refractivity contribution in [3.05, 3.63) is 29.3 Å². The van der Waals surface area contributed by atoms with Gasteiger partial charge in [-0.2, -0.15) is 13.2 Å². The van der Waals surface area contributed by atoms with Crippen LogP contribution in [-0.4, -0.2) is 0 Å². The summed E-state index contributed by atoms with van der Waals surface area (Å²) in [6.07, 6.45) is -4.72. The van der Waals surface area contributed by atoms with Gasteiger partial charge >= 0.3 is 6.18 Å². The number of rotatable bonds is 0. The molecule has 0 amide bonds. The van der Waals surface area contributed by atoms with E-state index < -0.39 is 29.1 Å². The number of nitrogen functional groups attached to an aromatic ring is 1. The third-order valence-corrected chi connectivity index (χ3v) is 1.38. The van der Waals surface area contributed by atoms with Crippen molar-refractivity contribution < 1.29 is 22.0 Å². The summed E-state index contributed by atoms with van der Waals surface area (Å²) >= 11 is 0. The van der Waals surface area contributed by atoms with Gasteiger partial charge < -0.3 is 5.73 Å². The molecule has 0 saturated heterocycles. The Bertz CT molecular complexity index is 307. The van der Waals surface area contributed by atoms with Gasteiger partial charge in [-0.25, -0.2) is 8.78 Å². The average Bonchev–Trinajstić information content (AvgIpc) is 1.97. The Morgan fingerprint density at radius 3 is 2.00 bits per heavy atom. The number of nitrogens with two attached hydrogens (primary N) is 1. The van der Waals surface area contributed by atoms with Gasteiger partial charge in [0.15, 0.2) is 11.6 Å². The number of hydrogen-bond acceptors (Lipinski definition) is 1. The first-order chi connectivity index (χ1) is 5.82. The molecule has 0 radical (unpaired) electrons. The standard InChI is InChI=1S/C7H4F5N/c8-4-1-3(7(10,11)12)2-5(13)6(4)9/h1-2H,13H2. The minimum atomic E-state index is -4.72. The van der Waals surface area contributed by atoms with Crippen LogP contribution in [0.1, 0.15) is 5.56 Å². The van der Waals surface area contributed by atoms with Crippen molar-refractivity contribution in [2.45, 2.75) is 6.18 Å². The molecule has 0 saturated carbocycles. The Balaban J connectivity index is 3.29. The molecule has 1 rings (SSSR count). The quantitative estimate of drug-likeness (QED) is 0.502. The van der Waals surface area contributed by atoms with Crippen molar-refractivity contribution in [3.63, 3.8) is 0 Å². The lowest BCUT2D eigenvalue weighted by molar-refractivity contribution is -0.137. The molecule has 0 fully saturated rings. The largest absolute Gasteiger partial charge is 0.416 e.